The van der Waals surface area contributed by atoms with Crippen LogP contribution in [0.2, 0.25) is 0 Å². The number of rotatable bonds is 5. The van der Waals surface area contributed by atoms with Gasteiger partial charge in [-0.3, -0.25) is 0 Å². The molecule has 0 aliphatic heterocycles. The van der Waals surface area contributed by atoms with Crippen molar-refractivity contribution >= 4 is 18.1 Å². The lowest BCUT2D eigenvalue weighted by molar-refractivity contribution is 0.0526. The second kappa shape index (κ2) is 8.43. The van der Waals surface area contributed by atoms with E-state index in [-0.39, 0.29) is 11.4 Å². The maximum atomic E-state index is 11.7. The zero-order chi connectivity index (χ0) is 19.3. The van der Waals surface area contributed by atoms with Crippen molar-refractivity contribution in [3.8, 4) is 5.75 Å². The molecular formula is C24H28O3. The first kappa shape index (κ1) is 19.2. The summed E-state index contributed by atoms with van der Waals surface area (Å²) >= 11 is 0. The van der Waals surface area contributed by atoms with Crippen molar-refractivity contribution in [3.05, 3.63) is 64.7 Å². The minimum Gasteiger partial charge on any atom is -0.508 e. The lowest BCUT2D eigenvalue weighted by Gasteiger charge is -2.34. The van der Waals surface area contributed by atoms with Crippen molar-refractivity contribution in [2.75, 3.05) is 6.61 Å². The van der Waals surface area contributed by atoms with Crippen molar-refractivity contribution in [1.82, 2.24) is 0 Å². The van der Waals surface area contributed by atoms with Gasteiger partial charge in [0.1, 0.15) is 5.75 Å². The molecule has 2 aromatic carbocycles. The van der Waals surface area contributed by atoms with Crippen LogP contribution in [0.5, 0.6) is 5.75 Å². The lowest BCUT2D eigenvalue weighted by Crippen LogP contribution is -2.25. The minimum atomic E-state index is -0.295. The van der Waals surface area contributed by atoms with Crippen LogP contribution < -0.4 is 0 Å². The van der Waals surface area contributed by atoms with Gasteiger partial charge in [-0.15, -0.1) is 0 Å². The number of esters is 1. The molecule has 1 saturated carbocycles. The highest BCUT2D eigenvalue weighted by atomic mass is 16.5. The zero-order valence-corrected chi connectivity index (χ0v) is 16.2. The number of carbonyl (C=O) groups excluding carboxylic acids is 1. The predicted octanol–water partition coefficient (Wildman–Crippen LogP) is 5.96. The van der Waals surface area contributed by atoms with E-state index in [4.69, 9.17) is 4.74 Å². The average Bonchev–Trinajstić information content (AvgIpc) is 2.68. The second-order valence-electron chi connectivity index (χ2n) is 7.57. The van der Waals surface area contributed by atoms with E-state index < -0.39 is 0 Å². The van der Waals surface area contributed by atoms with Crippen molar-refractivity contribution in [2.45, 2.75) is 51.4 Å². The Morgan fingerprint density at radius 3 is 2.33 bits per heavy atom. The molecule has 1 aliphatic carbocycles. The highest BCUT2D eigenvalue weighted by Gasteiger charge is 2.31. The van der Waals surface area contributed by atoms with E-state index >= 15 is 0 Å². The second-order valence-corrected chi connectivity index (χ2v) is 7.57. The van der Waals surface area contributed by atoms with Crippen LogP contribution in [0, 0.1) is 0 Å². The molecule has 0 saturated heterocycles. The Bertz CT molecular complexity index is 812. The molecule has 0 aromatic heterocycles. The van der Waals surface area contributed by atoms with Crippen molar-refractivity contribution in [1.29, 1.82) is 0 Å². The van der Waals surface area contributed by atoms with Crippen LogP contribution in [0.1, 0.15) is 73.0 Å². The number of phenols is 1. The third-order valence-corrected chi connectivity index (χ3v) is 5.52. The monoisotopic (exact) mass is 364 g/mol. The summed E-state index contributed by atoms with van der Waals surface area (Å²) in [5.74, 6) is 0.104. The van der Waals surface area contributed by atoms with E-state index in [0.717, 1.165) is 29.5 Å². The first-order valence-corrected chi connectivity index (χ1v) is 9.80. The van der Waals surface area contributed by atoms with Crippen LogP contribution in [-0.2, 0) is 10.2 Å². The summed E-state index contributed by atoms with van der Waals surface area (Å²) in [6.45, 7) is 4.44. The van der Waals surface area contributed by atoms with Gasteiger partial charge in [0.15, 0.2) is 0 Å². The fraction of sp³-hybridized carbons (Fsp3) is 0.375. The molecule has 27 heavy (non-hydrogen) atoms. The van der Waals surface area contributed by atoms with E-state index in [0.29, 0.717) is 17.9 Å². The van der Waals surface area contributed by atoms with Gasteiger partial charge in [-0.25, -0.2) is 4.79 Å². The topological polar surface area (TPSA) is 46.5 Å². The molecule has 0 heterocycles. The number of benzene rings is 2. The van der Waals surface area contributed by atoms with Crippen LogP contribution in [-0.4, -0.2) is 17.7 Å². The molecule has 1 aliphatic rings. The van der Waals surface area contributed by atoms with Gasteiger partial charge in [-0.05, 0) is 60.6 Å². The van der Waals surface area contributed by atoms with Crippen LogP contribution >= 0.6 is 0 Å². The predicted molar refractivity (Wildman–Crippen MR) is 110 cm³/mol. The van der Waals surface area contributed by atoms with Gasteiger partial charge in [-0.2, -0.15) is 0 Å². The SMILES string of the molecule is CCOC(=O)c1ccc(/C=C/c2ccc(O)c(C3(C)CCCCC3)c2)cc1. The molecule has 3 heteroatoms. The van der Waals surface area contributed by atoms with Crippen molar-refractivity contribution in [2.24, 2.45) is 0 Å². The van der Waals surface area contributed by atoms with E-state index in [9.17, 15) is 9.90 Å². The number of hydrogen-bond acceptors (Lipinski definition) is 3. The lowest BCUT2D eigenvalue weighted by atomic mass is 9.70. The molecule has 142 valence electrons. The third kappa shape index (κ3) is 4.60. The Hall–Kier alpha value is -2.55. The summed E-state index contributed by atoms with van der Waals surface area (Å²) in [7, 11) is 0. The molecule has 0 spiro atoms. The minimum absolute atomic E-state index is 0.0630. The van der Waals surface area contributed by atoms with E-state index in [2.05, 4.69) is 19.1 Å². The van der Waals surface area contributed by atoms with Crippen molar-refractivity contribution < 1.29 is 14.6 Å². The van der Waals surface area contributed by atoms with Crippen LogP contribution in [0.3, 0.4) is 0 Å². The summed E-state index contributed by atoms with van der Waals surface area (Å²) in [6.07, 6.45) is 10.1. The Kier molecular flexibility index (Phi) is 6.00. The molecule has 3 nitrogen and oxygen atoms in total. The summed E-state index contributed by atoms with van der Waals surface area (Å²) in [5, 5.41) is 10.4. The first-order chi connectivity index (χ1) is 13.0. The largest absolute Gasteiger partial charge is 0.508 e. The highest BCUT2D eigenvalue weighted by Crippen LogP contribution is 2.43. The van der Waals surface area contributed by atoms with Gasteiger partial charge in [-0.1, -0.05) is 56.5 Å². The van der Waals surface area contributed by atoms with Gasteiger partial charge in [0, 0.05) is 5.56 Å². The fourth-order valence-corrected chi connectivity index (χ4v) is 3.88. The molecule has 0 unspecified atom stereocenters. The molecular weight excluding hydrogens is 336 g/mol. The smallest absolute Gasteiger partial charge is 0.338 e. The van der Waals surface area contributed by atoms with Gasteiger partial charge < -0.3 is 9.84 Å². The fourth-order valence-electron chi connectivity index (χ4n) is 3.88. The Labute approximate surface area is 161 Å². The maximum absolute atomic E-state index is 11.7. The molecule has 3 rings (SSSR count). The van der Waals surface area contributed by atoms with Gasteiger partial charge in [0.2, 0.25) is 0 Å². The molecule has 0 bridgehead atoms. The zero-order valence-electron chi connectivity index (χ0n) is 16.2. The maximum Gasteiger partial charge on any atom is 0.338 e. The van der Waals surface area contributed by atoms with E-state index in [1.54, 1.807) is 25.1 Å². The Balaban J connectivity index is 1.77. The van der Waals surface area contributed by atoms with Crippen LogP contribution in [0.25, 0.3) is 12.2 Å². The van der Waals surface area contributed by atoms with Gasteiger partial charge in [0.25, 0.3) is 0 Å². The summed E-state index contributed by atoms with van der Waals surface area (Å²) in [5.41, 5.74) is 3.77. The average molecular weight is 364 g/mol. The number of hydrogen-bond donors (Lipinski definition) is 1. The summed E-state index contributed by atoms with van der Waals surface area (Å²) in [4.78, 5) is 11.7. The van der Waals surface area contributed by atoms with Crippen molar-refractivity contribution in [3.63, 3.8) is 0 Å². The standard InChI is InChI=1S/C24H28O3/c1-3-27-23(26)20-12-9-18(10-13-20)7-8-19-11-14-22(25)21(17-19)24(2)15-5-4-6-16-24/h7-14,17,25H,3-6,15-16H2,1-2H3/b8-7+. The Morgan fingerprint density at radius 1 is 1.04 bits per heavy atom. The van der Waals surface area contributed by atoms with Gasteiger partial charge in [0.05, 0.1) is 12.2 Å². The van der Waals surface area contributed by atoms with Gasteiger partial charge >= 0.3 is 5.97 Å². The molecule has 0 atom stereocenters. The normalized spacial score (nSPS) is 16.4. The first-order valence-electron chi connectivity index (χ1n) is 9.80. The van der Waals surface area contributed by atoms with Crippen LogP contribution in [0.15, 0.2) is 42.5 Å². The molecule has 0 amide bonds. The molecule has 1 N–H and O–H groups in total. The molecule has 2 aromatic rings. The Morgan fingerprint density at radius 2 is 1.67 bits per heavy atom. The van der Waals surface area contributed by atoms with E-state index in [1.807, 2.05) is 24.3 Å². The third-order valence-electron chi connectivity index (χ3n) is 5.52. The van der Waals surface area contributed by atoms with E-state index in [1.165, 1.54) is 19.3 Å². The van der Waals surface area contributed by atoms with Crippen LogP contribution in [0.4, 0.5) is 0 Å². The number of carbonyl (C=O) groups is 1. The number of phenolic OH excluding ortho intramolecular Hbond substituents is 1. The molecule has 1 fully saturated rings. The molecule has 0 radical (unpaired) electrons. The summed E-state index contributed by atoms with van der Waals surface area (Å²) < 4.78 is 5.01. The summed E-state index contributed by atoms with van der Waals surface area (Å²) in [6, 6.07) is 13.2. The highest BCUT2D eigenvalue weighted by molar-refractivity contribution is 5.89. The quantitative estimate of drug-likeness (QED) is 0.526. The number of aromatic hydroxyl groups is 1. The number of ether oxygens (including phenoxy) is 1.